The van der Waals surface area contributed by atoms with Gasteiger partial charge in [0.15, 0.2) is 12.4 Å². The summed E-state index contributed by atoms with van der Waals surface area (Å²) >= 11 is 0. The lowest BCUT2D eigenvalue weighted by Crippen LogP contribution is -2.56. The molecule has 0 aliphatic carbocycles. The van der Waals surface area contributed by atoms with Crippen LogP contribution in [0.25, 0.3) is 0 Å². The van der Waals surface area contributed by atoms with Crippen LogP contribution in [-0.4, -0.2) is 48.4 Å². The van der Waals surface area contributed by atoms with E-state index in [1.165, 1.54) is 6.92 Å². The molecule has 114 valence electrons. The van der Waals surface area contributed by atoms with Crippen LogP contribution in [0.5, 0.6) is 0 Å². The largest absolute Gasteiger partial charge is 0.457 e. The zero-order valence-corrected chi connectivity index (χ0v) is 11.7. The summed E-state index contributed by atoms with van der Waals surface area (Å²) in [5, 5.41) is 10.3. The SMILES string of the molecule is CC(=O)O[C@H]1[C@H](OCc2ccccc2)[C@H](O)[C@H]2OC[C@H]1O2. The first-order valence-electron chi connectivity index (χ1n) is 6.93. The van der Waals surface area contributed by atoms with Crippen molar-refractivity contribution in [2.45, 2.75) is 44.2 Å². The van der Waals surface area contributed by atoms with Crippen molar-refractivity contribution in [3.05, 3.63) is 35.9 Å². The van der Waals surface area contributed by atoms with Crippen molar-refractivity contribution < 1.29 is 28.8 Å². The zero-order chi connectivity index (χ0) is 14.8. The second kappa shape index (κ2) is 6.11. The Morgan fingerprint density at radius 2 is 2.10 bits per heavy atom. The van der Waals surface area contributed by atoms with Crippen molar-refractivity contribution in [2.75, 3.05) is 6.61 Å². The van der Waals surface area contributed by atoms with Crippen LogP contribution in [0.4, 0.5) is 0 Å². The number of aliphatic hydroxyl groups excluding tert-OH is 1. The van der Waals surface area contributed by atoms with Gasteiger partial charge in [-0.1, -0.05) is 30.3 Å². The molecular weight excluding hydrogens is 276 g/mol. The molecule has 21 heavy (non-hydrogen) atoms. The third-order valence-corrected chi connectivity index (χ3v) is 3.63. The van der Waals surface area contributed by atoms with Gasteiger partial charge in [0.25, 0.3) is 0 Å². The van der Waals surface area contributed by atoms with Crippen LogP contribution in [0.3, 0.4) is 0 Å². The molecule has 1 aromatic rings. The number of benzene rings is 1. The number of carbonyl (C=O) groups is 1. The Morgan fingerprint density at radius 3 is 2.81 bits per heavy atom. The van der Waals surface area contributed by atoms with Crippen molar-refractivity contribution >= 4 is 5.97 Å². The highest BCUT2D eigenvalue weighted by molar-refractivity contribution is 5.66. The average molecular weight is 294 g/mol. The molecule has 2 aliphatic heterocycles. The Bertz CT molecular complexity index is 490. The number of esters is 1. The summed E-state index contributed by atoms with van der Waals surface area (Å²) in [5.74, 6) is -0.436. The molecule has 2 fully saturated rings. The van der Waals surface area contributed by atoms with Gasteiger partial charge in [-0.2, -0.15) is 0 Å². The van der Waals surface area contributed by atoms with Gasteiger partial charge in [0.05, 0.1) is 13.2 Å². The summed E-state index contributed by atoms with van der Waals surface area (Å²) in [5.41, 5.74) is 0.978. The van der Waals surface area contributed by atoms with E-state index in [1.54, 1.807) is 0 Å². The maximum absolute atomic E-state index is 11.3. The van der Waals surface area contributed by atoms with Gasteiger partial charge >= 0.3 is 5.97 Å². The minimum absolute atomic E-state index is 0.283. The molecule has 3 rings (SSSR count). The molecule has 2 heterocycles. The van der Waals surface area contributed by atoms with Crippen molar-refractivity contribution in [3.63, 3.8) is 0 Å². The lowest BCUT2D eigenvalue weighted by molar-refractivity contribution is -0.249. The van der Waals surface area contributed by atoms with Crippen molar-refractivity contribution in [1.29, 1.82) is 0 Å². The van der Waals surface area contributed by atoms with Crippen molar-refractivity contribution in [3.8, 4) is 0 Å². The minimum Gasteiger partial charge on any atom is -0.457 e. The number of fused-ring (bicyclic) bond motifs is 2. The van der Waals surface area contributed by atoms with E-state index in [-0.39, 0.29) is 6.61 Å². The summed E-state index contributed by atoms with van der Waals surface area (Å²) in [6.07, 6.45) is -3.44. The number of rotatable bonds is 4. The second-order valence-electron chi connectivity index (χ2n) is 5.20. The lowest BCUT2D eigenvalue weighted by atomic mass is 10.0. The van der Waals surface area contributed by atoms with E-state index in [1.807, 2.05) is 30.3 Å². The van der Waals surface area contributed by atoms with E-state index in [4.69, 9.17) is 18.9 Å². The van der Waals surface area contributed by atoms with Crippen LogP contribution in [-0.2, 0) is 30.3 Å². The molecule has 0 saturated carbocycles. The number of carbonyl (C=O) groups excluding carboxylic acids is 1. The number of aliphatic hydroxyl groups is 1. The zero-order valence-electron chi connectivity index (χ0n) is 11.7. The van der Waals surface area contributed by atoms with E-state index in [0.717, 1.165) is 5.56 Å². The average Bonchev–Trinajstić information content (AvgIpc) is 2.92. The van der Waals surface area contributed by atoms with Crippen LogP contribution in [0, 0.1) is 0 Å². The van der Waals surface area contributed by atoms with E-state index in [0.29, 0.717) is 6.61 Å². The van der Waals surface area contributed by atoms with Crippen LogP contribution in [0.1, 0.15) is 12.5 Å². The number of ether oxygens (including phenoxy) is 4. The molecule has 1 aromatic carbocycles. The topological polar surface area (TPSA) is 74.2 Å². The normalized spacial score (nSPS) is 34.7. The number of hydrogen-bond donors (Lipinski definition) is 1. The fraction of sp³-hybridized carbons (Fsp3) is 0.533. The van der Waals surface area contributed by atoms with Gasteiger partial charge in [0.1, 0.15) is 18.3 Å². The highest BCUT2D eigenvalue weighted by Crippen LogP contribution is 2.32. The summed E-state index contributed by atoms with van der Waals surface area (Å²) in [4.78, 5) is 11.3. The van der Waals surface area contributed by atoms with E-state index < -0.39 is 36.7 Å². The van der Waals surface area contributed by atoms with Crippen LogP contribution in [0.15, 0.2) is 30.3 Å². The monoisotopic (exact) mass is 294 g/mol. The molecule has 0 radical (unpaired) electrons. The fourth-order valence-corrected chi connectivity index (χ4v) is 2.65. The molecule has 0 amide bonds. The molecule has 2 bridgehead atoms. The van der Waals surface area contributed by atoms with Crippen LogP contribution >= 0.6 is 0 Å². The Labute approximate surface area is 122 Å². The Morgan fingerprint density at radius 1 is 1.33 bits per heavy atom. The summed E-state index contributed by atoms with van der Waals surface area (Å²) in [6, 6.07) is 9.60. The first kappa shape index (κ1) is 14.5. The van der Waals surface area contributed by atoms with Crippen molar-refractivity contribution in [2.24, 2.45) is 0 Å². The molecule has 0 aromatic heterocycles. The van der Waals surface area contributed by atoms with E-state index in [9.17, 15) is 9.90 Å². The highest BCUT2D eigenvalue weighted by Gasteiger charge is 2.52. The molecule has 0 unspecified atom stereocenters. The molecule has 2 aliphatic rings. The molecule has 6 heteroatoms. The van der Waals surface area contributed by atoms with Crippen LogP contribution in [0.2, 0.25) is 0 Å². The van der Waals surface area contributed by atoms with Gasteiger partial charge < -0.3 is 24.1 Å². The Kier molecular flexibility index (Phi) is 4.21. The third kappa shape index (κ3) is 3.08. The van der Waals surface area contributed by atoms with Gasteiger partial charge in [-0.3, -0.25) is 4.79 Å². The molecule has 5 atom stereocenters. The predicted octanol–water partition coefficient (Wildman–Crippen LogP) is 0.619. The van der Waals surface area contributed by atoms with Crippen molar-refractivity contribution in [1.82, 2.24) is 0 Å². The van der Waals surface area contributed by atoms with Crippen LogP contribution < -0.4 is 0 Å². The maximum Gasteiger partial charge on any atom is 0.303 e. The van der Waals surface area contributed by atoms with Gasteiger partial charge in [-0.05, 0) is 5.56 Å². The standard InChI is InChI=1S/C15H18O6/c1-9(16)20-13-11-8-19-15(21-11)12(17)14(13)18-7-10-5-3-2-4-6-10/h2-6,11-15,17H,7-8H2,1H3/t11-,12+,13-,14-,15+/m1/s1. The molecular formula is C15H18O6. The Hall–Kier alpha value is -1.47. The first-order valence-corrected chi connectivity index (χ1v) is 6.93. The summed E-state index contributed by atoms with van der Waals surface area (Å²) in [6.45, 7) is 1.92. The maximum atomic E-state index is 11.3. The Balaban J connectivity index is 1.71. The van der Waals surface area contributed by atoms with E-state index >= 15 is 0 Å². The van der Waals surface area contributed by atoms with E-state index in [2.05, 4.69) is 0 Å². The fourth-order valence-electron chi connectivity index (χ4n) is 2.65. The van der Waals surface area contributed by atoms with Gasteiger partial charge in [0.2, 0.25) is 0 Å². The lowest BCUT2D eigenvalue weighted by Gasteiger charge is -2.37. The predicted molar refractivity (Wildman–Crippen MR) is 71.2 cm³/mol. The molecule has 6 nitrogen and oxygen atoms in total. The minimum atomic E-state index is -0.989. The number of hydrogen-bond acceptors (Lipinski definition) is 6. The molecule has 0 spiro atoms. The van der Waals surface area contributed by atoms with Gasteiger partial charge in [-0.15, -0.1) is 0 Å². The third-order valence-electron chi connectivity index (χ3n) is 3.63. The highest BCUT2D eigenvalue weighted by atomic mass is 16.8. The molecule has 1 N–H and O–H groups in total. The van der Waals surface area contributed by atoms with Gasteiger partial charge in [-0.25, -0.2) is 0 Å². The van der Waals surface area contributed by atoms with Gasteiger partial charge in [0, 0.05) is 6.92 Å². The molecule has 2 saturated heterocycles. The summed E-state index contributed by atoms with van der Waals surface area (Å²) < 4.78 is 21.9. The second-order valence-corrected chi connectivity index (χ2v) is 5.20. The first-order chi connectivity index (χ1) is 10.1. The quantitative estimate of drug-likeness (QED) is 0.821. The summed E-state index contributed by atoms with van der Waals surface area (Å²) in [7, 11) is 0. The smallest absolute Gasteiger partial charge is 0.303 e.